The Balaban J connectivity index is 2.52. The van der Waals surface area contributed by atoms with Gasteiger partial charge in [-0.25, -0.2) is 0 Å². The van der Waals surface area contributed by atoms with Crippen LogP contribution in [-0.4, -0.2) is 21.9 Å². The van der Waals surface area contributed by atoms with Gasteiger partial charge in [-0.2, -0.15) is 0 Å². The molecule has 4 heteroatoms. The van der Waals surface area contributed by atoms with Crippen molar-refractivity contribution in [2.24, 2.45) is 0 Å². The van der Waals surface area contributed by atoms with E-state index in [4.69, 9.17) is 0 Å². The lowest BCUT2D eigenvalue weighted by atomic mass is 10.1. The van der Waals surface area contributed by atoms with Crippen molar-refractivity contribution >= 4 is 17.7 Å². The highest BCUT2D eigenvalue weighted by Gasteiger charge is 2.22. The molecule has 0 saturated heterocycles. The van der Waals surface area contributed by atoms with Crippen LogP contribution in [0.5, 0.6) is 0 Å². The molecule has 0 unspecified atom stereocenters. The lowest BCUT2D eigenvalue weighted by Crippen LogP contribution is -2.41. The number of aliphatic hydroxyl groups is 1. The highest BCUT2D eigenvalue weighted by atomic mass is 32.2. The van der Waals surface area contributed by atoms with E-state index in [2.05, 4.69) is 31.3 Å². The van der Waals surface area contributed by atoms with Gasteiger partial charge in [-0.1, -0.05) is 26.0 Å². The molecule has 1 aromatic rings. The first-order chi connectivity index (χ1) is 8.29. The molecule has 0 heterocycles. The zero-order valence-electron chi connectivity index (χ0n) is 11.4. The first kappa shape index (κ1) is 15.1. The zero-order chi connectivity index (χ0) is 13.8. The van der Waals surface area contributed by atoms with Crippen LogP contribution in [0.2, 0.25) is 0 Å². The smallest absolute Gasteiger partial charge is 0.251 e. The number of carbonyl (C=O) groups is 1. The maximum absolute atomic E-state index is 11.5. The molecule has 3 nitrogen and oxygen atoms in total. The standard InChI is InChI=1S/C14H21NO2S/c1-10(2)18-12-7-5-11(6-8-12)9-15-13(16)14(3,4)17/h5-8,10,17H,9H2,1-4H3,(H,15,16). The monoisotopic (exact) mass is 267 g/mol. The second-order valence-corrected chi connectivity index (χ2v) is 6.70. The number of hydrogen-bond donors (Lipinski definition) is 2. The Hall–Kier alpha value is -1.00. The molecule has 1 amide bonds. The Morgan fingerprint density at radius 2 is 1.89 bits per heavy atom. The highest BCUT2D eigenvalue weighted by molar-refractivity contribution is 7.99. The van der Waals surface area contributed by atoms with E-state index in [1.54, 1.807) is 0 Å². The van der Waals surface area contributed by atoms with Crippen molar-refractivity contribution in [2.75, 3.05) is 0 Å². The molecule has 0 saturated carbocycles. The van der Waals surface area contributed by atoms with E-state index in [1.807, 2.05) is 23.9 Å². The van der Waals surface area contributed by atoms with Crippen LogP contribution in [0.25, 0.3) is 0 Å². The molecule has 0 atom stereocenters. The van der Waals surface area contributed by atoms with Gasteiger partial charge in [0.25, 0.3) is 5.91 Å². The number of benzene rings is 1. The Bertz CT molecular complexity index is 393. The van der Waals surface area contributed by atoms with E-state index in [9.17, 15) is 9.90 Å². The van der Waals surface area contributed by atoms with Gasteiger partial charge in [0, 0.05) is 16.7 Å². The second kappa shape index (κ2) is 6.25. The van der Waals surface area contributed by atoms with E-state index in [0.29, 0.717) is 11.8 Å². The van der Waals surface area contributed by atoms with Crippen LogP contribution in [-0.2, 0) is 11.3 Å². The third-order valence-electron chi connectivity index (χ3n) is 2.30. The van der Waals surface area contributed by atoms with Gasteiger partial charge in [0.05, 0.1) is 0 Å². The molecule has 0 aliphatic rings. The summed E-state index contributed by atoms with van der Waals surface area (Å²) in [5.74, 6) is -0.358. The van der Waals surface area contributed by atoms with Crippen LogP contribution in [0.15, 0.2) is 29.2 Å². The van der Waals surface area contributed by atoms with E-state index in [1.165, 1.54) is 18.7 Å². The van der Waals surface area contributed by atoms with E-state index < -0.39 is 5.60 Å². The summed E-state index contributed by atoms with van der Waals surface area (Å²) in [4.78, 5) is 12.7. The lowest BCUT2D eigenvalue weighted by molar-refractivity contribution is -0.136. The van der Waals surface area contributed by atoms with Gasteiger partial charge in [0.2, 0.25) is 0 Å². The summed E-state index contributed by atoms with van der Waals surface area (Å²) in [6.45, 7) is 7.70. The van der Waals surface area contributed by atoms with Crippen LogP contribution in [0.1, 0.15) is 33.3 Å². The summed E-state index contributed by atoms with van der Waals surface area (Å²) in [5, 5.41) is 12.8. The molecule has 0 aliphatic heterocycles. The summed E-state index contributed by atoms with van der Waals surface area (Å²) in [5.41, 5.74) is -0.298. The van der Waals surface area contributed by atoms with Gasteiger partial charge in [0.1, 0.15) is 5.60 Å². The molecule has 0 radical (unpaired) electrons. The maximum atomic E-state index is 11.5. The van der Waals surface area contributed by atoms with Crippen LogP contribution >= 0.6 is 11.8 Å². The Labute approximate surface area is 113 Å². The number of carbonyl (C=O) groups excluding carboxylic acids is 1. The Morgan fingerprint density at radius 3 is 2.33 bits per heavy atom. The SMILES string of the molecule is CC(C)Sc1ccc(CNC(=O)C(C)(C)O)cc1. The minimum Gasteiger partial charge on any atom is -0.381 e. The molecule has 0 aliphatic carbocycles. The first-order valence-electron chi connectivity index (χ1n) is 6.05. The fraction of sp³-hybridized carbons (Fsp3) is 0.500. The largest absolute Gasteiger partial charge is 0.381 e. The molecule has 2 N–H and O–H groups in total. The summed E-state index contributed by atoms with van der Waals surface area (Å²) >= 11 is 1.81. The molecule has 0 aromatic heterocycles. The molecule has 1 aromatic carbocycles. The fourth-order valence-electron chi connectivity index (χ4n) is 1.36. The van der Waals surface area contributed by atoms with Gasteiger partial charge in [-0.3, -0.25) is 4.79 Å². The molecule has 100 valence electrons. The van der Waals surface area contributed by atoms with Gasteiger partial charge in [-0.15, -0.1) is 11.8 Å². The van der Waals surface area contributed by atoms with Gasteiger partial charge < -0.3 is 10.4 Å². The number of thioether (sulfide) groups is 1. The Kier molecular flexibility index (Phi) is 5.23. The van der Waals surface area contributed by atoms with E-state index in [-0.39, 0.29) is 5.91 Å². The van der Waals surface area contributed by atoms with Crippen molar-refractivity contribution in [1.82, 2.24) is 5.32 Å². The van der Waals surface area contributed by atoms with Crippen molar-refractivity contribution in [3.8, 4) is 0 Å². The number of rotatable bonds is 5. The molecule has 0 fully saturated rings. The van der Waals surface area contributed by atoms with Crippen LogP contribution in [0.4, 0.5) is 0 Å². The summed E-state index contributed by atoms with van der Waals surface area (Å²) in [6, 6.07) is 8.09. The quantitative estimate of drug-likeness (QED) is 0.806. The number of amides is 1. The third-order valence-corrected chi connectivity index (χ3v) is 3.32. The predicted octanol–water partition coefficient (Wildman–Crippen LogP) is 2.57. The molecular formula is C14H21NO2S. The van der Waals surface area contributed by atoms with E-state index in [0.717, 1.165) is 5.56 Å². The molecule has 0 bridgehead atoms. The van der Waals surface area contributed by atoms with E-state index >= 15 is 0 Å². The van der Waals surface area contributed by atoms with Gasteiger partial charge in [-0.05, 0) is 31.5 Å². The molecule has 18 heavy (non-hydrogen) atoms. The topological polar surface area (TPSA) is 49.3 Å². The van der Waals surface area contributed by atoms with Crippen LogP contribution in [0.3, 0.4) is 0 Å². The third kappa shape index (κ3) is 5.10. The minimum atomic E-state index is -1.33. The van der Waals surface area contributed by atoms with Crippen molar-refractivity contribution in [2.45, 2.75) is 50.0 Å². The first-order valence-corrected chi connectivity index (χ1v) is 6.93. The predicted molar refractivity (Wildman–Crippen MR) is 75.6 cm³/mol. The van der Waals surface area contributed by atoms with Crippen molar-refractivity contribution < 1.29 is 9.90 Å². The maximum Gasteiger partial charge on any atom is 0.251 e. The molecule has 0 spiro atoms. The highest BCUT2D eigenvalue weighted by Crippen LogP contribution is 2.22. The van der Waals surface area contributed by atoms with Crippen LogP contribution in [0, 0.1) is 0 Å². The lowest BCUT2D eigenvalue weighted by Gasteiger charge is -2.16. The molecular weight excluding hydrogens is 246 g/mol. The second-order valence-electron chi connectivity index (χ2n) is 5.05. The zero-order valence-corrected chi connectivity index (χ0v) is 12.2. The van der Waals surface area contributed by atoms with Crippen LogP contribution < -0.4 is 5.32 Å². The average Bonchev–Trinajstić information content (AvgIpc) is 2.25. The van der Waals surface area contributed by atoms with Crippen molar-refractivity contribution in [1.29, 1.82) is 0 Å². The average molecular weight is 267 g/mol. The minimum absolute atomic E-state index is 0.358. The summed E-state index contributed by atoms with van der Waals surface area (Å²) < 4.78 is 0. The fourth-order valence-corrected chi connectivity index (χ4v) is 2.19. The summed E-state index contributed by atoms with van der Waals surface area (Å²) in [7, 11) is 0. The molecule has 1 rings (SSSR count). The Morgan fingerprint density at radius 1 is 1.33 bits per heavy atom. The number of hydrogen-bond acceptors (Lipinski definition) is 3. The summed E-state index contributed by atoms with van der Waals surface area (Å²) in [6.07, 6.45) is 0. The van der Waals surface area contributed by atoms with Crippen molar-refractivity contribution in [3.63, 3.8) is 0 Å². The number of nitrogens with one attached hydrogen (secondary N) is 1. The van der Waals surface area contributed by atoms with Crippen molar-refractivity contribution in [3.05, 3.63) is 29.8 Å². The van der Waals surface area contributed by atoms with Gasteiger partial charge >= 0.3 is 0 Å². The normalized spacial score (nSPS) is 11.7. The van der Waals surface area contributed by atoms with Gasteiger partial charge in [0.15, 0.2) is 0 Å².